The lowest BCUT2D eigenvalue weighted by Crippen LogP contribution is -2.25. The van der Waals surface area contributed by atoms with Gasteiger partial charge in [0.25, 0.3) is 5.91 Å². The molecule has 198 valence electrons. The van der Waals surface area contributed by atoms with Gasteiger partial charge in [-0.1, -0.05) is 23.7 Å². The number of amides is 1. The second-order valence-electron chi connectivity index (χ2n) is 9.77. The van der Waals surface area contributed by atoms with Gasteiger partial charge in [-0.25, -0.2) is 9.97 Å². The fourth-order valence-corrected chi connectivity index (χ4v) is 6.28. The van der Waals surface area contributed by atoms with Gasteiger partial charge in [0.15, 0.2) is 10.6 Å². The highest BCUT2D eigenvalue weighted by Gasteiger charge is 2.23. The smallest absolute Gasteiger partial charge is 0.284 e. The van der Waals surface area contributed by atoms with Gasteiger partial charge in [-0.3, -0.25) is 9.78 Å². The van der Waals surface area contributed by atoms with E-state index in [0.29, 0.717) is 32.6 Å². The molecule has 39 heavy (non-hydrogen) atoms. The van der Waals surface area contributed by atoms with E-state index in [2.05, 4.69) is 32.2 Å². The molecule has 1 amide bonds. The van der Waals surface area contributed by atoms with Crippen LogP contribution in [0, 0.1) is 13.8 Å². The molecule has 0 saturated carbocycles. The van der Waals surface area contributed by atoms with Gasteiger partial charge in [-0.15, -0.1) is 11.3 Å². The molecule has 0 spiro atoms. The Bertz CT molecular complexity index is 1740. The minimum absolute atomic E-state index is 0.137. The summed E-state index contributed by atoms with van der Waals surface area (Å²) in [7, 11) is 2.08. The van der Waals surface area contributed by atoms with Gasteiger partial charge in [0.2, 0.25) is 5.89 Å². The van der Waals surface area contributed by atoms with Crippen molar-refractivity contribution in [3.63, 3.8) is 0 Å². The summed E-state index contributed by atoms with van der Waals surface area (Å²) in [6.07, 6.45) is 4.38. The van der Waals surface area contributed by atoms with E-state index in [-0.39, 0.29) is 12.5 Å². The molecular weight excluding hydrogens is 534 g/mol. The zero-order chi connectivity index (χ0) is 27.3. The third kappa shape index (κ3) is 4.72. The summed E-state index contributed by atoms with van der Waals surface area (Å²) in [5, 5.41) is 13.5. The second kappa shape index (κ2) is 10.2. The molecule has 0 saturated heterocycles. The maximum absolute atomic E-state index is 13.1. The molecule has 1 aliphatic rings. The molecular formula is C29H26ClN5O3S. The highest BCUT2D eigenvalue weighted by Crippen LogP contribution is 2.37. The number of benzene rings is 2. The Morgan fingerprint density at radius 1 is 1.15 bits per heavy atom. The number of anilines is 1. The number of carbonyl (C=O) groups is 1. The standard InChI is InChI=1S/C29H26ClN5O3S/c1-15-19(11-31-12-20(15)28-33-24-10-17(14-36)9-21(30)26(24)38-28)18-5-4-6-22(16(18)2)32-27(37)29-34-23-7-8-35(3)13-25(23)39-29/h4-6,9-12,36H,7-8,13-14H2,1-3H3,(H,32,37). The number of aliphatic hydroxyl groups is 1. The molecule has 3 aromatic heterocycles. The third-order valence-corrected chi connectivity index (χ3v) is 8.48. The molecule has 0 unspecified atom stereocenters. The molecule has 0 bridgehead atoms. The Hall–Kier alpha value is -3.63. The molecule has 4 heterocycles. The van der Waals surface area contributed by atoms with E-state index >= 15 is 0 Å². The first-order chi connectivity index (χ1) is 18.8. The molecule has 6 rings (SSSR count). The Kier molecular flexibility index (Phi) is 6.68. The highest BCUT2D eigenvalue weighted by atomic mass is 35.5. The van der Waals surface area contributed by atoms with Crippen LogP contribution in [0.3, 0.4) is 0 Å². The van der Waals surface area contributed by atoms with Crippen LogP contribution in [0.5, 0.6) is 0 Å². The van der Waals surface area contributed by atoms with Crippen LogP contribution in [0.2, 0.25) is 5.02 Å². The summed E-state index contributed by atoms with van der Waals surface area (Å²) in [6, 6.07) is 9.25. The molecule has 0 atom stereocenters. The Morgan fingerprint density at radius 2 is 1.97 bits per heavy atom. The number of thiazole rings is 1. The van der Waals surface area contributed by atoms with Crippen molar-refractivity contribution in [1.29, 1.82) is 0 Å². The molecule has 10 heteroatoms. The first kappa shape index (κ1) is 25.6. The van der Waals surface area contributed by atoms with Crippen molar-refractivity contribution >= 4 is 45.6 Å². The normalized spacial score (nSPS) is 13.6. The van der Waals surface area contributed by atoms with Gasteiger partial charge in [0.05, 0.1) is 22.9 Å². The van der Waals surface area contributed by atoms with Gasteiger partial charge in [-0.2, -0.15) is 0 Å². The molecule has 0 fully saturated rings. The van der Waals surface area contributed by atoms with Crippen LogP contribution in [-0.2, 0) is 19.6 Å². The van der Waals surface area contributed by atoms with Crippen LogP contribution in [0.15, 0.2) is 47.1 Å². The number of hydrogen-bond donors (Lipinski definition) is 2. The summed E-state index contributed by atoms with van der Waals surface area (Å²) in [5.41, 5.74) is 7.87. The lowest BCUT2D eigenvalue weighted by molar-refractivity contribution is 0.102. The average Bonchev–Trinajstić information content (AvgIpc) is 3.54. The predicted molar refractivity (Wildman–Crippen MR) is 153 cm³/mol. The van der Waals surface area contributed by atoms with E-state index in [1.807, 2.05) is 32.0 Å². The molecule has 8 nitrogen and oxygen atoms in total. The molecule has 2 N–H and O–H groups in total. The van der Waals surface area contributed by atoms with E-state index in [0.717, 1.165) is 63.6 Å². The first-order valence-electron chi connectivity index (χ1n) is 12.6. The van der Waals surface area contributed by atoms with Crippen molar-refractivity contribution in [3.8, 4) is 22.6 Å². The fraction of sp³-hybridized carbons (Fsp3) is 0.241. The van der Waals surface area contributed by atoms with Gasteiger partial charge in [0, 0.05) is 48.0 Å². The zero-order valence-electron chi connectivity index (χ0n) is 21.7. The van der Waals surface area contributed by atoms with Crippen LogP contribution in [0.1, 0.15) is 37.1 Å². The summed E-state index contributed by atoms with van der Waals surface area (Å²) in [5.74, 6) is 0.195. The number of oxazole rings is 1. The number of aliphatic hydroxyl groups excluding tert-OH is 1. The predicted octanol–water partition coefficient (Wildman–Crippen LogP) is 6.02. The van der Waals surface area contributed by atoms with E-state index in [1.54, 1.807) is 24.5 Å². The topological polar surface area (TPSA) is 104 Å². The minimum atomic E-state index is -0.202. The quantitative estimate of drug-likeness (QED) is 0.271. The maximum Gasteiger partial charge on any atom is 0.284 e. The van der Waals surface area contributed by atoms with Gasteiger partial charge in [0.1, 0.15) is 5.52 Å². The van der Waals surface area contributed by atoms with E-state index in [9.17, 15) is 9.90 Å². The van der Waals surface area contributed by atoms with Gasteiger partial charge < -0.3 is 19.7 Å². The number of rotatable bonds is 5. The second-order valence-corrected chi connectivity index (χ2v) is 11.3. The summed E-state index contributed by atoms with van der Waals surface area (Å²) in [4.78, 5) is 30.3. The van der Waals surface area contributed by atoms with E-state index in [4.69, 9.17) is 16.0 Å². The maximum atomic E-state index is 13.1. The van der Waals surface area contributed by atoms with Crippen molar-refractivity contribution in [2.45, 2.75) is 33.4 Å². The Balaban J connectivity index is 1.33. The summed E-state index contributed by atoms with van der Waals surface area (Å²) < 4.78 is 6.02. The number of aromatic nitrogens is 3. The van der Waals surface area contributed by atoms with Crippen LogP contribution in [-0.4, -0.2) is 44.5 Å². The monoisotopic (exact) mass is 559 g/mol. The fourth-order valence-electron chi connectivity index (χ4n) is 4.92. The SMILES string of the molecule is Cc1c(NC(=O)c2nc3c(s2)CN(C)CC3)cccc1-c1cncc(-c2nc3cc(CO)cc(Cl)c3o2)c1C. The van der Waals surface area contributed by atoms with Crippen molar-refractivity contribution in [2.24, 2.45) is 0 Å². The van der Waals surface area contributed by atoms with Crippen LogP contribution >= 0.6 is 22.9 Å². The molecule has 0 aliphatic carbocycles. The van der Waals surface area contributed by atoms with Crippen LogP contribution < -0.4 is 5.32 Å². The number of likely N-dealkylation sites (N-methyl/N-ethyl adjacent to an activating group) is 1. The molecule has 2 aromatic carbocycles. The molecule has 0 radical (unpaired) electrons. The van der Waals surface area contributed by atoms with Crippen LogP contribution in [0.4, 0.5) is 5.69 Å². The van der Waals surface area contributed by atoms with E-state index < -0.39 is 0 Å². The summed E-state index contributed by atoms with van der Waals surface area (Å²) >= 11 is 7.83. The van der Waals surface area contributed by atoms with Crippen molar-refractivity contribution in [2.75, 3.05) is 18.9 Å². The molecule has 5 aromatic rings. The largest absolute Gasteiger partial charge is 0.434 e. The number of nitrogens with one attached hydrogen (secondary N) is 1. The lowest BCUT2D eigenvalue weighted by Gasteiger charge is -2.20. The third-order valence-electron chi connectivity index (χ3n) is 7.12. The average molecular weight is 560 g/mol. The lowest BCUT2D eigenvalue weighted by atomic mass is 9.95. The molecule has 1 aliphatic heterocycles. The van der Waals surface area contributed by atoms with E-state index in [1.165, 1.54) is 11.3 Å². The number of carbonyl (C=O) groups excluding carboxylic acids is 1. The first-order valence-corrected chi connectivity index (χ1v) is 13.7. The number of nitrogens with zero attached hydrogens (tertiary/aromatic N) is 4. The number of halogens is 1. The number of fused-ring (bicyclic) bond motifs is 2. The van der Waals surface area contributed by atoms with Gasteiger partial charge >= 0.3 is 0 Å². The van der Waals surface area contributed by atoms with Crippen molar-refractivity contribution in [3.05, 3.63) is 80.0 Å². The van der Waals surface area contributed by atoms with Crippen molar-refractivity contribution in [1.82, 2.24) is 19.9 Å². The number of hydrogen-bond acceptors (Lipinski definition) is 8. The number of pyridine rings is 1. The Morgan fingerprint density at radius 3 is 2.79 bits per heavy atom. The summed E-state index contributed by atoms with van der Waals surface area (Å²) in [6.45, 7) is 5.61. The van der Waals surface area contributed by atoms with Crippen LogP contribution in [0.25, 0.3) is 33.7 Å². The Labute approximate surface area is 234 Å². The van der Waals surface area contributed by atoms with Crippen molar-refractivity contribution < 1.29 is 14.3 Å². The van der Waals surface area contributed by atoms with Gasteiger partial charge in [-0.05, 0) is 61.3 Å². The minimum Gasteiger partial charge on any atom is -0.434 e. The zero-order valence-corrected chi connectivity index (χ0v) is 23.3. The highest BCUT2D eigenvalue weighted by molar-refractivity contribution is 7.13.